The van der Waals surface area contributed by atoms with Gasteiger partial charge in [0.2, 0.25) is 15.9 Å². The number of nitrogens with two attached hydrogens (primary N) is 1. The number of sulfonamides is 1. The number of nitrogens with one attached hydrogen (secondary N) is 1. The summed E-state index contributed by atoms with van der Waals surface area (Å²) in [4.78, 5) is 11.8. The third-order valence-electron chi connectivity index (χ3n) is 4.07. The van der Waals surface area contributed by atoms with E-state index in [1.54, 1.807) is 6.92 Å². The van der Waals surface area contributed by atoms with Crippen LogP contribution in [0.3, 0.4) is 0 Å². The predicted octanol–water partition coefficient (Wildman–Crippen LogP) is 1.30. The Morgan fingerprint density at radius 3 is 2.64 bits per heavy atom. The van der Waals surface area contributed by atoms with Crippen molar-refractivity contribution < 1.29 is 22.3 Å². The fourth-order valence-corrected chi connectivity index (χ4v) is 4.11. The summed E-state index contributed by atoms with van der Waals surface area (Å²) in [5, 5.41) is 2.57. The van der Waals surface area contributed by atoms with Crippen molar-refractivity contribution in [1.82, 2.24) is 4.31 Å². The van der Waals surface area contributed by atoms with Gasteiger partial charge in [-0.15, -0.1) is 0 Å². The third-order valence-corrected chi connectivity index (χ3v) is 5.98. The number of amides is 1. The Morgan fingerprint density at radius 1 is 1.40 bits per heavy atom. The quantitative estimate of drug-likeness (QED) is 0.783. The van der Waals surface area contributed by atoms with Gasteiger partial charge < -0.3 is 15.8 Å². The van der Waals surface area contributed by atoms with Crippen molar-refractivity contribution in [1.29, 1.82) is 0 Å². The van der Waals surface area contributed by atoms with Crippen LogP contribution >= 0.6 is 0 Å². The van der Waals surface area contributed by atoms with Crippen LogP contribution in [0.1, 0.15) is 26.7 Å². The highest BCUT2D eigenvalue weighted by Crippen LogP contribution is 2.24. The summed E-state index contributed by atoms with van der Waals surface area (Å²) < 4.78 is 45.7. The van der Waals surface area contributed by atoms with E-state index in [0.29, 0.717) is 6.42 Å². The molecular formula is C16H24FN3O4S. The molecule has 1 aromatic rings. The Morgan fingerprint density at radius 2 is 2.04 bits per heavy atom. The van der Waals surface area contributed by atoms with Crippen LogP contribution in [0, 0.1) is 5.82 Å². The number of carbonyl (C=O) groups is 1. The van der Waals surface area contributed by atoms with Gasteiger partial charge in [0.1, 0.15) is 10.7 Å². The van der Waals surface area contributed by atoms with Gasteiger partial charge in [-0.2, -0.15) is 4.31 Å². The summed E-state index contributed by atoms with van der Waals surface area (Å²) >= 11 is 0. The lowest BCUT2D eigenvalue weighted by Gasteiger charge is -2.26. The molecule has 1 heterocycles. The second-order valence-electron chi connectivity index (χ2n) is 6.28. The number of hydrogen-bond acceptors (Lipinski definition) is 5. The second-order valence-corrected chi connectivity index (χ2v) is 8.19. The Balaban J connectivity index is 2.27. The molecule has 1 aromatic carbocycles. The minimum atomic E-state index is -4.00. The topological polar surface area (TPSA) is 102 Å². The van der Waals surface area contributed by atoms with E-state index in [9.17, 15) is 17.6 Å². The van der Waals surface area contributed by atoms with Crippen molar-refractivity contribution in [3.8, 4) is 0 Å². The van der Waals surface area contributed by atoms with Crippen molar-refractivity contribution in [2.45, 2.75) is 37.1 Å². The fraction of sp³-hybridized carbons (Fsp3) is 0.562. The number of benzene rings is 1. The first kappa shape index (κ1) is 19.8. The molecule has 1 atom stereocenters. The molecule has 1 aliphatic heterocycles. The van der Waals surface area contributed by atoms with Crippen molar-refractivity contribution in [2.75, 3.05) is 31.6 Å². The zero-order valence-electron chi connectivity index (χ0n) is 14.4. The monoisotopic (exact) mass is 373 g/mol. The second kappa shape index (κ2) is 7.77. The van der Waals surface area contributed by atoms with Crippen molar-refractivity contribution in [3.63, 3.8) is 0 Å². The zero-order valence-corrected chi connectivity index (χ0v) is 15.2. The molecule has 1 unspecified atom stereocenters. The van der Waals surface area contributed by atoms with Crippen LogP contribution in [0.5, 0.6) is 0 Å². The minimum Gasteiger partial charge on any atom is -0.379 e. The van der Waals surface area contributed by atoms with E-state index in [0.717, 1.165) is 18.6 Å². The van der Waals surface area contributed by atoms with Crippen molar-refractivity contribution >= 4 is 21.6 Å². The van der Waals surface area contributed by atoms with Crippen LogP contribution < -0.4 is 11.1 Å². The van der Waals surface area contributed by atoms with Crippen LogP contribution in [0.2, 0.25) is 0 Å². The Bertz CT molecular complexity index is 731. The summed E-state index contributed by atoms with van der Waals surface area (Å²) in [5.74, 6) is -1.32. The molecule has 140 valence electrons. The summed E-state index contributed by atoms with van der Waals surface area (Å²) in [6.07, 6.45) is 1.19. The molecular weight excluding hydrogens is 349 g/mol. The first-order valence-electron chi connectivity index (χ1n) is 8.16. The molecule has 1 amide bonds. The number of carbonyl (C=O) groups excluding carboxylic acids is 1. The van der Waals surface area contributed by atoms with Crippen LogP contribution in [0.4, 0.5) is 10.1 Å². The maximum Gasteiger partial charge on any atom is 0.246 e. The molecule has 0 saturated carbocycles. The summed E-state index contributed by atoms with van der Waals surface area (Å²) in [6, 6.07) is 3.46. The van der Waals surface area contributed by atoms with Gasteiger partial charge in [0.25, 0.3) is 0 Å². The lowest BCUT2D eigenvalue weighted by Crippen LogP contribution is -2.48. The van der Waals surface area contributed by atoms with Crippen molar-refractivity contribution in [3.05, 3.63) is 24.0 Å². The average Bonchev–Trinajstić information content (AvgIpc) is 2.57. The zero-order chi connectivity index (χ0) is 18.7. The first-order chi connectivity index (χ1) is 11.7. The Kier molecular flexibility index (Phi) is 6.15. The van der Waals surface area contributed by atoms with Crippen molar-refractivity contribution in [2.24, 2.45) is 5.73 Å². The lowest BCUT2D eigenvalue weighted by atomic mass is 9.96. The molecule has 0 aliphatic carbocycles. The van der Waals surface area contributed by atoms with Gasteiger partial charge in [0.15, 0.2) is 0 Å². The smallest absolute Gasteiger partial charge is 0.246 e. The number of halogens is 1. The van der Waals surface area contributed by atoms with Crippen LogP contribution in [0.25, 0.3) is 0 Å². The average molecular weight is 373 g/mol. The summed E-state index contributed by atoms with van der Waals surface area (Å²) in [6.45, 7) is 4.36. The molecule has 3 N–H and O–H groups in total. The van der Waals surface area contributed by atoms with Gasteiger partial charge in [-0.25, -0.2) is 12.8 Å². The molecule has 25 heavy (non-hydrogen) atoms. The molecule has 2 rings (SSSR count). The van der Waals surface area contributed by atoms with E-state index < -0.39 is 32.2 Å². The Hall–Kier alpha value is -1.55. The van der Waals surface area contributed by atoms with Gasteiger partial charge in [-0.05, 0) is 31.5 Å². The SMILES string of the molecule is CCCC(C)(N)C(=O)Nc1ccc(F)c(S(=O)(=O)N2CCOCC2)c1. The number of rotatable bonds is 6. The molecule has 7 nitrogen and oxygen atoms in total. The van der Waals surface area contributed by atoms with E-state index in [4.69, 9.17) is 10.5 Å². The minimum absolute atomic E-state index is 0.162. The molecule has 0 spiro atoms. The highest BCUT2D eigenvalue weighted by atomic mass is 32.2. The molecule has 0 aromatic heterocycles. The molecule has 9 heteroatoms. The standard InChI is InChI=1S/C16H24FN3O4S/c1-3-6-16(2,18)15(21)19-12-4-5-13(17)14(11-12)25(22,23)20-7-9-24-10-8-20/h4-5,11H,3,6-10,18H2,1-2H3,(H,19,21). The highest BCUT2D eigenvalue weighted by molar-refractivity contribution is 7.89. The summed E-state index contributed by atoms with van der Waals surface area (Å²) in [7, 11) is -4.00. The first-order valence-corrected chi connectivity index (χ1v) is 9.60. The number of ether oxygens (including phenoxy) is 1. The Labute approximate surface area is 147 Å². The molecule has 0 bridgehead atoms. The van der Waals surface area contributed by atoms with E-state index in [2.05, 4.69) is 5.32 Å². The van der Waals surface area contributed by atoms with E-state index in [1.807, 2.05) is 6.92 Å². The third kappa shape index (κ3) is 4.55. The van der Waals surface area contributed by atoms with E-state index in [-0.39, 0.29) is 32.0 Å². The summed E-state index contributed by atoms with van der Waals surface area (Å²) in [5.41, 5.74) is 5.06. The normalized spacial score (nSPS) is 18.6. The maximum absolute atomic E-state index is 14.1. The number of morpholine rings is 1. The van der Waals surface area contributed by atoms with E-state index in [1.165, 1.54) is 10.4 Å². The largest absolute Gasteiger partial charge is 0.379 e. The van der Waals surface area contributed by atoms with Gasteiger partial charge >= 0.3 is 0 Å². The van der Waals surface area contributed by atoms with Crippen LogP contribution in [-0.2, 0) is 19.6 Å². The van der Waals surface area contributed by atoms with Crippen LogP contribution in [0.15, 0.2) is 23.1 Å². The van der Waals surface area contributed by atoms with Crippen LogP contribution in [-0.4, -0.2) is 50.5 Å². The molecule has 1 fully saturated rings. The van der Waals surface area contributed by atoms with Gasteiger partial charge in [0, 0.05) is 18.8 Å². The molecule has 1 aliphatic rings. The number of nitrogens with zero attached hydrogens (tertiary/aromatic N) is 1. The molecule has 1 saturated heterocycles. The number of anilines is 1. The lowest BCUT2D eigenvalue weighted by molar-refractivity contribution is -0.120. The van der Waals surface area contributed by atoms with Gasteiger partial charge in [-0.1, -0.05) is 13.3 Å². The predicted molar refractivity (Wildman–Crippen MR) is 92.1 cm³/mol. The number of hydrogen-bond donors (Lipinski definition) is 2. The van der Waals surface area contributed by atoms with Gasteiger partial charge in [-0.3, -0.25) is 4.79 Å². The van der Waals surface area contributed by atoms with Gasteiger partial charge in [0.05, 0.1) is 18.8 Å². The van der Waals surface area contributed by atoms with E-state index >= 15 is 0 Å². The fourth-order valence-electron chi connectivity index (χ4n) is 2.61. The molecule has 0 radical (unpaired) electrons. The highest BCUT2D eigenvalue weighted by Gasteiger charge is 2.31. The maximum atomic E-state index is 14.1.